The monoisotopic (exact) mass is 382 g/mol. The van der Waals surface area contributed by atoms with E-state index < -0.39 is 23.0 Å². The summed E-state index contributed by atoms with van der Waals surface area (Å²) in [5, 5.41) is 2.45. The molecule has 0 spiro atoms. The van der Waals surface area contributed by atoms with Gasteiger partial charge in [0.15, 0.2) is 0 Å². The van der Waals surface area contributed by atoms with Gasteiger partial charge in [0.25, 0.3) is 5.56 Å². The standard InChI is InChI=1S/C20H19FN4O3/c1-12-6-8-13(9-7-12)10-16(26)23-17-18(22)24-20(28)25(19(17)27)11-14-4-2-3-5-15(14)21/h2-9H,10-11,22H2,1H3,(H,23,26)(H,24,28). The Morgan fingerprint density at radius 2 is 1.82 bits per heavy atom. The SMILES string of the molecule is Cc1ccc(CC(=O)Nc2c(N)[nH]c(=O)n(Cc3ccccc3F)c2=O)cc1. The number of carbonyl (C=O) groups is 1. The third kappa shape index (κ3) is 4.17. The first-order valence-electron chi connectivity index (χ1n) is 8.56. The smallest absolute Gasteiger partial charge is 0.330 e. The second-order valence-electron chi connectivity index (χ2n) is 6.41. The van der Waals surface area contributed by atoms with Crippen LogP contribution < -0.4 is 22.3 Å². The molecule has 0 saturated carbocycles. The van der Waals surface area contributed by atoms with E-state index in [-0.39, 0.29) is 30.0 Å². The number of aryl methyl sites for hydroxylation is 1. The Morgan fingerprint density at radius 3 is 2.50 bits per heavy atom. The van der Waals surface area contributed by atoms with Crippen molar-refractivity contribution in [2.45, 2.75) is 19.9 Å². The van der Waals surface area contributed by atoms with Crippen molar-refractivity contribution in [1.82, 2.24) is 9.55 Å². The molecule has 144 valence electrons. The number of anilines is 2. The van der Waals surface area contributed by atoms with Crippen LogP contribution in [0.3, 0.4) is 0 Å². The number of H-pyrrole nitrogens is 1. The van der Waals surface area contributed by atoms with Crippen LogP contribution in [0.1, 0.15) is 16.7 Å². The highest BCUT2D eigenvalue weighted by Crippen LogP contribution is 2.11. The molecule has 0 fully saturated rings. The Kier molecular flexibility index (Phi) is 5.39. The molecule has 4 N–H and O–H groups in total. The zero-order chi connectivity index (χ0) is 20.3. The molecule has 0 radical (unpaired) electrons. The molecule has 0 saturated heterocycles. The number of nitrogens with zero attached hydrogens (tertiary/aromatic N) is 1. The molecule has 0 atom stereocenters. The van der Waals surface area contributed by atoms with Gasteiger partial charge in [-0.1, -0.05) is 48.0 Å². The van der Waals surface area contributed by atoms with Gasteiger partial charge in [-0.05, 0) is 18.6 Å². The van der Waals surface area contributed by atoms with Crippen LogP contribution in [-0.4, -0.2) is 15.5 Å². The first kappa shape index (κ1) is 19.1. The summed E-state index contributed by atoms with van der Waals surface area (Å²) in [6, 6.07) is 13.2. The highest BCUT2D eigenvalue weighted by Gasteiger charge is 2.16. The third-order valence-electron chi connectivity index (χ3n) is 4.25. The Balaban J connectivity index is 1.88. The molecule has 3 rings (SSSR count). The minimum absolute atomic E-state index is 0.0333. The number of aromatic amines is 1. The average Bonchev–Trinajstić information content (AvgIpc) is 2.65. The summed E-state index contributed by atoms with van der Waals surface area (Å²) >= 11 is 0. The van der Waals surface area contributed by atoms with E-state index in [1.54, 1.807) is 6.07 Å². The summed E-state index contributed by atoms with van der Waals surface area (Å²) in [5.74, 6) is -1.26. The largest absolute Gasteiger partial charge is 0.383 e. The topological polar surface area (TPSA) is 110 Å². The van der Waals surface area contributed by atoms with Crippen LogP contribution in [0.15, 0.2) is 58.1 Å². The maximum Gasteiger partial charge on any atom is 0.330 e. The molecule has 0 bridgehead atoms. The van der Waals surface area contributed by atoms with E-state index in [4.69, 9.17) is 5.73 Å². The first-order chi connectivity index (χ1) is 13.3. The van der Waals surface area contributed by atoms with Gasteiger partial charge >= 0.3 is 5.69 Å². The fraction of sp³-hybridized carbons (Fsp3) is 0.150. The second kappa shape index (κ2) is 7.91. The van der Waals surface area contributed by atoms with E-state index in [0.29, 0.717) is 0 Å². The Morgan fingerprint density at radius 1 is 1.14 bits per heavy atom. The maximum atomic E-state index is 13.9. The number of nitrogen functional groups attached to an aromatic ring is 1. The lowest BCUT2D eigenvalue weighted by Gasteiger charge is -2.11. The van der Waals surface area contributed by atoms with Gasteiger partial charge < -0.3 is 11.1 Å². The van der Waals surface area contributed by atoms with Gasteiger partial charge in [-0.2, -0.15) is 0 Å². The van der Waals surface area contributed by atoms with Crippen molar-refractivity contribution in [3.8, 4) is 0 Å². The normalized spacial score (nSPS) is 10.6. The number of nitrogens with two attached hydrogens (primary N) is 1. The van der Waals surface area contributed by atoms with Crippen molar-refractivity contribution >= 4 is 17.4 Å². The van der Waals surface area contributed by atoms with E-state index in [2.05, 4.69) is 10.3 Å². The zero-order valence-corrected chi connectivity index (χ0v) is 15.2. The molecule has 1 amide bonds. The van der Waals surface area contributed by atoms with Gasteiger partial charge in [-0.3, -0.25) is 19.1 Å². The summed E-state index contributed by atoms with van der Waals surface area (Å²) in [4.78, 5) is 39.4. The van der Waals surface area contributed by atoms with Crippen molar-refractivity contribution < 1.29 is 9.18 Å². The van der Waals surface area contributed by atoms with E-state index in [1.807, 2.05) is 31.2 Å². The molecule has 0 aliphatic carbocycles. The van der Waals surface area contributed by atoms with Gasteiger partial charge in [0.05, 0.1) is 13.0 Å². The number of rotatable bonds is 5. The molecule has 8 heteroatoms. The predicted octanol–water partition coefficient (Wildman–Crippen LogP) is 1.80. The number of aromatic nitrogens is 2. The van der Waals surface area contributed by atoms with Crippen LogP contribution in [0.25, 0.3) is 0 Å². The second-order valence-corrected chi connectivity index (χ2v) is 6.41. The number of hydrogen-bond donors (Lipinski definition) is 3. The van der Waals surface area contributed by atoms with Crippen LogP contribution in [0.5, 0.6) is 0 Å². The third-order valence-corrected chi connectivity index (χ3v) is 4.25. The summed E-state index contributed by atoms with van der Waals surface area (Å²) < 4.78 is 14.7. The highest BCUT2D eigenvalue weighted by atomic mass is 19.1. The fourth-order valence-corrected chi connectivity index (χ4v) is 2.72. The summed E-state index contributed by atoms with van der Waals surface area (Å²) in [5.41, 5.74) is 5.87. The number of amides is 1. The number of hydrogen-bond acceptors (Lipinski definition) is 4. The molecule has 1 aromatic heterocycles. The van der Waals surface area contributed by atoms with E-state index >= 15 is 0 Å². The molecule has 0 aliphatic heterocycles. The lowest BCUT2D eigenvalue weighted by Crippen LogP contribution is -2.38. The van der Waals surface area contributed by atoms with E-state index in [1.165, 1.54) is 18.2 Å². The molecular formula is C20H19FN4O3. The van der Waals surface area contributed by atoms with Gasteiger partial charge in [0.1, 0.15) is 17.3 Å². The quantitative estimate of drug-likeness (QED) is 0.625. The minimum atomic E-state index is -0.804. The summed E-state index contributed by atoms with van der Waals surface area (Å²) in [6.07, 6.45) is 0.0333. The molecule has 7 nitrogen and oxygen atoms in total. The molecule has 3 aromatic rings. The molecule has 2 aromatic carbocycles. The van der Waals surface area contributed by atoms with Gasteiger partial charge in [-0.15, -0.1) is 0 Å². The Bertz CT molecular complexity index is 1130. The number of benzene rings is 2. The fourth-order valence-electron chi connectivity index (χ4n) is 2.72. The number of halogens is 1. The predicted molar refractivity (Wildman–Crippen MR) is 105 cm³/mol. The van der Waals surface area contributed by atoms with E-state index in [0.717, 1.165) is 15.7 Å². The zero-order valence-electron chi connectivity index (χ0n) is 15.2. The highest BCUT2D eigenvalue weighted by molar-refractivity contribution is 5.94. The summed E-state index contributed by atoms with van der Waals surface area (Å²) in [6.45, 7) is 1.64. The van der Waals surface area contributed by atoms with E-state index in [9.17, 15) is 18.8 Å². The first-order valence-corrected chi connectivity index (χ1v) is 8.56. The van der Waals surface area contributed by atoms with Gasteiger partial charge in [0.2, 0.25) is 5.91 Å². The van der Waals surface area contributed by atoms with Gasteiger partial charge in [-0.25, -0.2) is 9.18 Å². The molecule has 0 aliphatic rings. The molecular weight excluding hydrogens is 363 g/mol. The lowest BCUT2D eigenvalue weighted by atomic mass is 10.1. The van der Waals surface area contributed by atoms with Crippen LogP contribution in [0, 0.1) is 12.7 Å². The number of carbonyl (C=O) groups excluding carboxylic acids is 1. The van der Waals surface area contributed by atoms with Crippen molar-refractivity contribution in [2.75, 3.05) is 11.1 Å². The van der Waals surface area contributed by atoms with Crippen LogP contribution in [0.4, 0.5) is 15.9 Å². The Hall–Kier alpha value is -3.68. The van der Waals surface area contributed by atoms with Crippen molar-refractivity contribution in [3.05, 3.63) is 91.9 Å². The van der Waals surface area contributed by atoms with Crippen molar-refractivity contribution in [3.63, 3.8) is 0 Å². The van der Waals surface area contributed by atoms with Crippen LogP contribution in [-0.2, 0) is 17.8 Å². The molecule has 0 unspecified atom stereocenters. The molecule has 28 heavy (non-hydrogen) atoms. The van der Waals surface area contributed by atoms with Gasteiger partial charge in [0, 0.05) is 5.56 Å². The maximum absolute atomic E-state index is 13.9. The van der Waals surface area contributed by atoms with Crippen molar-refractivity contribution in [2.24, 2.45) is 0 Å². The summed E-state index contributed by atoms with van der Waals surface area (Å²) in [7, 11) is 0. The minimum Gasteiger partial charge on any atom is -0.383 e. The Labute approximate surface area is 159 Å². The van der Waals surface area contributed by atoms with Crippen LogP contribution in [0.2, 0.25) is 0 Å². The number of nitrogens with one attached hydrogen (secondary N) is 2. The average molecular weight is 382 g/mol. The van der Waals surface area contributed by atoms with Crippen LogP contribution >= 0.6 is 0 Å². The van der Waals surface area contributed by atoms with Crippen molar-refractivity contribution in [1.29, 1.82) is 0 Å². The lowest BCUT2D eigenvalue weighted by molar-refractivity contribution is -0.115. The molecule has 1 heterocycles.